The first kappa shape index (κ1) is 13.4. The number of halogens is 3. The van der Waals surface area contributed by atoms with E-state index < -0.39 is 0 Å². The molecule has 1 aliphatic heterocycles. The van der Waals surface area contributed by atoms with Gasteiger partial charge in [0.1, 0.15) is 0 Å². The smallest absolute Gasteiger partial charge is 0.255 e. The molecule has 92 valence electrons. The second-order valence-corrected chi connectivity index (χ2v) is 6.50. The fourth-order valence-corrected chi connectivity index (χ4v) is 3.04. The summed E-state index contributed by atoms with van der Waals surface area (Å²) in [4.78, 5) is 14.2. The van der Waals surface area contributed by atoms with E-state index in [-0.39, 0.29) is 11.3 Å². The summed E-state index contributed by atoms with van der Waals surface area (Å²) < 4.78 is 1.73. The summed E-state index contributed by atoms with van der Waals surface area (Å²) in [6.07, 6.45) is 1.97. The van der Waals surface area contributed by atoms with Crippen molar-refractivity contribution < 1.29 is 4.79 Å². The minimum Gasteiger partial charge on any atom is -0.337 e. The Bertz CT molecular complexity index is 439. The fourth-order valence-electron chi connectivity index (χ4n) is 1.94. The molecule has 2 rings (SSSR count). The zero-order valence-electron chi connectivity index (χ0n) is 9.13. The van der Waals surface area contributed by atoms with Gasteiger partial charge in [-0.3, -0.25) is 4.79 Å². The lowest BCUT2D eigenvalue weighted by Crippen LogP contribution is -2.40. The van der Waals surface area contributed by atoms with Gasteiger partial charge in [0.05, 0.1) is 10.9 Å². The Kier molecular flexibility index (Phi) is 4.50. The summed E-state index contributed by atoms with van der Waals surface area (Å²) in [5, 5.41) is 0.0821. The lowest BCUT2D eigenvalue weighted by atomic mass is 10.1. The highest BCUT2D eigenvalue weighted by Crippen LogP contribution is 2.25. The summed E-state index contributed by atoms with van der Waals surface area (Å²) >= 11 is 12.9. The molecule has 2 nitrogen and oxygen atoms in total. The Morgan fingerprint density at radius 3 is 2.88 bits per heavy atom. The third-order valence-electron chi connectivity index (χ3n) is 2.81. The molecule has 0 aromatic heterocycles. The number of alkyl halides is 1. The van der Waals surface area contributed by atoms with Crippen LogP contribution in [0.3, 0.4) is 0 Å². The topological polar surface area (TPSA) is 20.3 Å². The molecule has 1 aromatic rings. The van der Waals surface area contributed by atoms with Gasteiger partial charge in [-0.1, -0.05) is 15.9 Å². The van der Waals surface area contributed by atoms with E-state index >= 15 is 0 Å². The number of amides is 1. The van der Waals surface area contributed by atoms with Crippen molar-refractivity contribution in [1.82, 2.24) is 4.90 Å². The van der Waals surface area contributed by atoms with Crippen LogP contribution < -0.4 is 0 Å². The molecule has 0 N–H and O–H groups in total. The number of hydrogen-bond acceptors (Lipinski definition) is 1. The number of hydrogen-bond donors (Lipinski definition) is 0. The Morgan fingerprint density at radius 2 is 2.18 bits per heavy atom. The van der Waals surface area contributed by atoms with E-state index in [9.17, 15) is 4.79 Å². The number of carbonyl (C=O) groups is 1. The molecule has 5 heteroatoms. The lowest BCUT2D eigenvalue weighted by molar-refractivity contribution is 0.0726. The van der Waals surface area contributed by atoms with Crippen molar-refractivity contribution in [1.29, 1.82) is 0 Å². The molecule has 17 heavy (non-hydrogen) atoms. The third kappa shape index (κ3) is 3.24. The predicted molar refractivity (Wildman–Crippen MR) is 76.6 cm³/mol. The van der Waals surface area contributed by atoms with Crippen molar-refractivity contribution in [3.05, 3.63) is 32.7 Å². The van der Waals surface area contributed by atoms with Gasteiger partial charge in [-0.25, -0.2) is 0 Å². The molecule has 1 atom stereocenters. The van der Waals surface area contributed by atoms with Crippen LogP contribution >= 0.6 is 43.5 Å². The van der Waals surface area contributed by atoms with Crippen molar-refractivity contribution in [2.24, 2.45) is 0 Å². The number of nitrogens with zero attached hydrogens (tertiary/aromatic N) is 1. The second kappa shape index (κ2) is 5.72. The minimum atomic E-state index is 0.0449. The van der Waals surface area contributed by atoms with E-state index in [0.29, 0.717) is 12.1 Å². The highest BCUT2D eigenvalue weighted by atomic mass is 79.9. The van der Waals surface area contributed by atoms with Crippen molar-refractivity contribution in [3.63, 3.8) is 0 Å². The van der Waals surface area contributed by atoms with Gasteiger partial charge in [0.15, 0.2) is 0 Å². The quantitative estimate of drug-likeness (QED) is 0.672. The van der Waals surface area contributed by atoms with Gasteiger partial charge in [0, 0.05) is 22.0 Å². The molecule has 0 aliphatic carbocycles. The third-order valence-corrected chi connectivity index (χ3v) is 4.35. The maximum absolute atomic E-state index is 12.3. The van der Waals surface area contributed by atoms with Gasteiger partial charge >= 0.3 is 0 Å². The maximum atomic E-state index is 12.3. The average molecular weight is 381 g/mol. The van der Waals surface area contributed by atoms with Crippen LogP contribution in [0.2, 0.25) is 0 Å². The normalized spacial score (nSPS) is 20.4. The van der Waals surface area contributed by atoms with Crippen LogP contribution in [0.25, 0.3) is 0 Å². The molecule has 1 heterocycles. The largest absolute Gasteiger partial charge is 0.337 e. The van der Waals surface area contributed by atoms with E-state index in [4.69, 9.17) is 11.6 Å². The Balaban J connectivity index is 2.21. The molecule has 1 saturated heterocycles. The zero-order chi connectivity index (χ0) is 12.4. The van der Waals surface area contributed by atoms with Gasteiger partial charge in [-0.15, -0.1) is 11.6 Å². The summed E-state index contributed by atoms with van der Waals surface area (Å²) in [5.74, 6) is 0.0449. The molecule has 1 aliphatic rings. The number of rotatable bonds is 1. The fraction of sp³-hybridized carbons (Fsp3) is 0.417. The molecule has 0 radical (unpaired) electrons. The Morgan fingerprint density at radius 1 is 1.41 bits per heavy atom. The molecule has 1 aromatic carbocycles. The molecule has 0 spiro atoms. The summed E-state index contributed by atoms with van der Waals surface area (Å²) in [6.45, 7) is 1.43. The highest BCUT2D eigenvalue weighted by Gasteiger charge is 2.24. The second-order valence-electron chi connectivity index (χ2n) is 4.11. The van der Waals surface area contributed by atoms with E-state index in [1.165, 1.54) is 0 Å². The number of likely N-dealkylation sites (tertiary alicyclic amines) is 1. The average Bonchev–Trinajstić information content (AvgIpc) is 2.31. The van der Waals surface area contributed by atoms with Crippen molar-refractivity contribution >= 4 is 49.4 Å². The van der Waals surface area contributed by atoms with E-state index in [2.05, 4.69) is 31.9 Å². The van der Waals surface area contributed by atoms with Crippen LogP contribution in [0, 0.1) is 0 Å². The van der Waals surface area contributed by atoms with Crippen LogP contribution in [0.1, 0.15) is 23.2 Å². The van der Waals surface area contributed by atoms with Crippen molar-refractivity contribution in [2.75, 3.05) is 13.1 Å². The van der Waals surface area contributed by atoms with Crippen LogP contribution in [-0.2, 0) is 0 Å². The SMILES string of the molecule is O=C(c1cc(Br)ccc1Br)N1CCCC(Cl)C1. The number of benzene rings is 1. The molecule has 1 fully saturated rings. The van der Waals surface area contributed by atoms with Gasteiger partial charge in [-0.2, -0.15) is 0 Å². The van der Waals surface area contributed by atoms with Gasteiger partial charge in [0.2, 0.25) is 0 Å². The molecule has 0 saturated carbocycles. The van der Waals surface area contributed by atoms with E-state index in [0.717, 1.165) is 28.3 Å². The Hall–Kier alpha value is -0.0600. The van der Waals surface area contributed by atoms with Crippen molar-refractivity contribution in [2.45, 2.75) is 18.2 Å². The lowest BCUT2D eigenvalue weighted by Gasteiger charge is -2.30. The maximum Gasteiger partial charge on any atom is 0.255 e. The van der Waals surface area contributed by atoms with Crippen LogP contribution in [0.15, 0.2) is 27.1 Å². The molecular weight excluding hydrogens is 369 g/mol. The first-order valence-corrected chi connectivity index (χ1v) is 7.48. The van der Waals surface area contributed by atoms with Gasteiger partial charge in [0.25, 0.3) is 5.91 Å². The van der Waals surface area contributed by atoms with Crippen LogP contribution in [-0.4, -0.2) is 29.3 Å². The standard InChI is InChI=1S/C12H12Br2ClNO/c13-8-3-4-11(14)10(6-8)12(17)16-5-1-2-9(15)7-16/h3-4,6,9H,1-2,5,7H2. The molecule has 1 amide bonds. The van der Waals surface area contributed by atoms with E-state index in [1.807, 2.05) is 23.1 Å². The van der Waals surface area contributed by atoms with Gasteiger partial charge < -0.3 is 4.90 Å². The first-order chi connectivity index (χ1) is 8.08. The summed E-state index contributed by atoms with van der Waals surface area (Å²) in [7, 11) is 0. The monoisotopic (exact) mass is 379 g/mol. The Labute approximate surface area is 123 Å². The van der Waals surface area contributed by atoms with Crippen LogP contribution in [0.4, 0.5) is 0 Å². The predicted octanol–water partition coefficient (Wildman–Crippen LogP) is 4.06. The number of carbonyl (C=O) groups excluding carboxylic acids is 1. The number of piperidine rings is 1. The summed E-state index contributed by atoms with van der Waals surface area (Å²) in [6, 6.07) is 5.62. The van der Waals surface area contributed by atoms with E-state index in [1.54, 1.807) is 0 Å². The molecule has 0 bridgehead atoms. The van der Waals surface area contributed by atoms with Crippen LogP contribution in [0.5, 0.6) is 0 Å². The zero-order valence-corrected chi connectivity index (χ0v) is 13.1. The molecule has 1 unspecified atom stereocenters. The molecular formula is C12H12Br2ClNO. The minimum absolute atomic E-state index is 0.0449. The highest BCUT2D eigenvalue weighted by molar-refractivity contribution is 9.11. The summed E-state index contributed by atoms with van der Waals surface area (Å²) in [5.41, 5.74) is 0.685. The van der Waals surface area contributed by atoms with Gasteiger partial charge in [-0.05, 0) is 47.0 Å². The first-order valence-electron chi connectivity index (χ1n) is 5.46. The van der Waals surface area contributed by atoms with Crippen molar-refractivity contribution in [3.8, 4) is 0 Å².